The van der Waals surface area contributed by atoms with E-state index >= 15 is 0 Å². The Labute approximate surface area is 84.1 Å². The Hall–Kier alpha value is -1.46. The van der Waals surface area contributed by atoms with Gasteiger partial charge in [0.15, 0.2) is 0 Å². The number of alkyl halides is 3. The molecule has 0 saturated carbocycles. The van der Waals surface area contributed by atoms with E-state index in [1.54, 1.807) is 0 Å². The minimum absolute atomic E-state index is 0.237. The van der Waals surface area contributed by atoms with E-state index in [1.165, 1.54) is 22.9 Å². The van der Waals surface area contributed by atoms with E-state index in [4.69, 9.17) is 5.11 Å². The lowest BCUT2D eigenvalue weighted by Crippen LogP contribution is -2.14. The van der Waals surface area contributed by atoms with Crippen LogP contribution in [0.4, 0.5) is 13.2 Å². The van der Waals surface area contributed by atoms with Gasteiger partial charge in [-0.25, -0.2) is 0 Å². The molecular weight excluding hydrogens is 211 g/mol. The second kappa shape index (κ2) is 4.37. The lowest BCUT2D eigenvalue weighted by Gasteiger charge is -2.09. The van der Waals surface area contributed by atoms with Gasteiger partial charge in [-0.1, -0.05) is 0 Å². The molecule has 0 unspecified atom stereocenters. The second-order valence-corrected chi connectivity index (χ2v) is 3.13. The average molecular weight is 221 g/mol. The molecule has 0 saturated heterocycles. The molecule has 6 heteroatoms. The lowest BCUT2D eigenvalue weighted by atomic mass is 10.3. The predicted octanol–water partition coefficient (Wildman–Crippen LogP) is 2.07. The molecule has 0 spiro atoms. The Bertz CT molecular complexity index is 343. The summed E-state index contributed by atoms with van der Waals surface area (Å²) in [5.74, 6) is -1.05. The molecule has 0 aromatic carbocycles. The number of aliphatic carboxylic acids is 1. The van der Waals surface area contributed by atoms with Crippen molar-refractivity contribution in [3.63, 3.8) is 0 Å². The van der Waals surface area contributed by atoms with Crippen molar-refractivity contribution in [2.75, 3.05) is 0 Å². The van der Waals surface area contributed by atoms with Crippen LogP contribution in [0.3, 0.4) is 0 Å². The summed E-state index contributed by atoms with van der Waals surface area (Å²) >= 11 is 0. The molecule has 0 aliphatic heterocycles. The Morgan fingerprint density at radius 3 is 2.67 bits per heavy atom. The van der Waals surface area contributed by atoms with E-state index in [2.05, 4.69) is 0 Å². The first-order valence-electron chi connectivity index (χ1n) is 4.31. The monoisotopic (exact) mass is 221 g/mol. The maximum absolute atomic E-state index is 11.9. The van der Waals surface area contributed by atoms with Crippen LogP contribution >= 0.6 is 0 Å². The van der Waals surface area contributed by atoms with Crippen LogP contribution in [0, 0.1) is 0 Å². The summed E-state index contributed by atoms with van der Waals surface area (Å²) in [5, 5.41) is 8.50. The molecule has 1 aromatic rings. The number of hydrogen-bond donors (Lipinski definition) is 1. The van der Waals surface area contributed by atoms with Gasteiger partial charge in [0.1, 0.15) is 0 Å². The third-order valence-corrected chi connectivity index (χ3v) is 1.89. The summed E-state index contributed by atoms with van der Waals surface area (Å²) in [4.78, 5) is 10.4. The van der Waals surface area contributed by atoms with Crippen LogP contribution in [0.25, 0.3) is 0 Å². The van der Waals surface area contributed by atoms with Crippen LogP contribution in [0.5, 0.6) is 0 Å². The minimum Gasteiger partial charge on any atom is -0.481 e. The van der Waals surface area contributed by atoms with Gasteiger partial charge in [0.05, 0.1) is 12.8 Å². The van der Waals surface area contributed by atoms with Crippen molar-refractivity contribution in [1.29, 1.82) is 0 Å². The van der Waals surface area contributed by atoms with E-state index < -0.39 is 18.6 Å². The fourth-order valence-corrected chi connectivity index (χ4v) is 1.23. The zero-order valence-corrected chi connectivity index (χ0v) is 7.79. The molecule has 0 bridgehead atoms. The molecule has 0 aliphatic carbocycles. The molecule has 0 atom stereocenters. The summed E-state index contributed by atoms with van der Waals surface area (Å²) in [6.07, 6.45) is -3.98. The number of carboxylic acids is 1. The van der Waals surface area contributed by atoms with Crippen molar-refractivity contribution in [1.82, 2.24) is 4.57 Å². The quantitative estimate of drug-likeness (QED) is 0.845. The van der Waals surface area contributed by atoms with Crippen LogP contribution in [0.15, 0.2) is 18.3 Å². The molecule has 1 rings (SSSR count). The van der Waals surface area contributed by atoms with Crippen molar-refractivity contribution in [2.45, 2.75) is 25.6 Å². The Morgan fingerprint density at radius 2 is 2.13 bits per heavy atom. The average Bonchev–Trinajstić information content (AvgIpc) is 2.46. The maximum atomic E-state index is 11.9. The van der Waals surface area contributed by atoms with Crippen molar-refractivity contribution in [3.8, 4) is 0 Å². The Morgan fingerprint density at radius 1 is 1.47 bits per heavy atom. The zero-order valence-electron chi connectivity index (χ0n) is 7.79. The molecule has 0 amide bonds. The van der Waals surface area contributed by atoms with E-state index in [0.717, 1.165) is 0 Å². The number of aryl methyl sites for hydroxylation is 1. The van der Waals surface area contributed by atoms with Gasteiger partial charge in [-0.15, -0.1) is 0 Å². The standard InChI is InChI=1S/C9H10F3NO2/c10-9(11,12)3-5-13-4-1-2-7(13)6-8(14)15/h1-2,4H,3,5-6H2,(H,14,15). The molecule has 0 radical (unpaired) electrons. The highest BCUT2D eigenvalue weighted by Gasteiger charge is 2.26. The van der Waals surface area contributed by atoms with E-state index in [1.807, 2.05) is 0 Å². The highest BCUT2D eigenvalue weighted by Crippen LogP contribution is 2.20. The van der Waals surface area contributed by atoms with E-state index in [0.29, 0.717) is 5.69 Å². The fourth-order valence-electron chi connectivity index (χ4n) is 1.23. The fraction of sp³-hybridized carbons (Fsp3) is 0.444. The van der Waals surface area contributed by atoms with Gasteiger partial charge in [-0.2, -0.15) is 13.2 Å². The third kappa shape index (κ3) is 4.05. The summed E-state index contributed by atoms with van der Waals surface area (Å²) in [6, 6.07) is 3.04. The normalized spacial score (nSPS) is 11.7. The van der Waals surface area contributed by atoms with Crippen molar-refractivity contribution < 1.29 is 23.1 Å². The van der Waals surface area contributed by atoms with Crippen molar-refractivity contribution >= 4 is 5.97 Å². The summed E-state index contributed by atoms with van der Waals surface area (Å²) in [6.45, 7) is -0.237. The number of rotatable bonds is 4. The van der Waals surface area contributed by atoms with Crippen LogP contribution in [-0.4, -0.2) is 21.8 Å². The van der Waals surface area contributed by atoms with Crippen molar-refractivity contribution in [3.05, 3.63) is 24.0 Å². The smallest absolute Gasteiger partial charge is 0.390 e. The molecule has 0 fully saturated rings. The van der Waals surface area contributed by atoms with Crippen LogP contribution in [0.1, 0.15) is 12.1 Å². The number of carbonyl (C=O) groups is 1. The van der Waals surface area contributed by atoms with Gasteiger partial charge in [0.25, 0.3) is 0 Å². The first kappa shape index (κ1) is 11.6. The molecule has 84 valence electrons. The van der Waals surface area contributed by atoms with Gasteiger partial charge >= 0.3 is 12.1 Å². The molecule has 3 nitrogen and oxygen atoms in total. The third-order valence-electron chi connectivity index (χ3n) is 1.89. The Kier molecular flexibility index (Phi) is 3.39. The van der Waals surface area contributed by atoms with Gasteiger partial charge < -0.3 is 9.67 Å². The summed E-state index contributed by atoms with van der Waals surface area (Å²) in [5.41, 5.74) is 0.381. The summed E-state index contributed by atoms with van der Waals surface area (Å²) < 4.78 is 37.0. The van der Waals surface area contributed by atoms with Crippen LogP contribution in [-0.2, 0) is 17.8 Å². The number of nitrogens with zero attached hydrogens (tertiary/aromatic N) is 1. The molecule has 1 aromatic heterocycles. The Balaban J connectivity index is 2.61. The molecule has 0 aliphatic rings. The van der Waals surface area contributed by atoms with Gasteiger partial charge in [-0.3, -0.25) is 4.79 Å². The van der Waals surface area contributed by atoms with E-state index in [-0.39, 0.29) is 13.0 Å². The van der Waals surface area contributed by atoms with Crippen LogP contribution < -0.4 is 0 Å². The number of aromatic nitrogens is 1. The minimum atomic E-state index is -4.22. The SMILES string of the molecule is O=C(O)Cc1cccn1CCC(F)(F)F. The number of hydrogen-bond acceptors (Lipinski definition) is 1. The number of carboxylic acid groups (broad SMARTS) is 1. The van der Waals surface area contributed by atoms with Crippen molar-refractivity contribution in [2.24, 2.45) is 0 Å². The number of halogens is 3. The summed E-state index contributed by atoms with van der Waals surface area (Å²) in [7, 11) is 0. The molecule has 15 heavy (non-hydrogen) atoms. The topological polar surface area (TPSA) is 42.2 Å². The molecule has 1 N–H and O–H groups in total. The van der Waals surface area contributed by atoms with Gasteiger partial charge in [0, 0.05) is 18.4 Å². The zero-order chi connectivity index (χ0) is 11.5. The van der Waals surface area contributed by atoms with Gasteiger partial charge in [0.2, 0.25) is 0 Å². The lowest BCUT2D eigenvalue weighted by molar-refractivity contribution is -0.136. The van der Waals surface area contributed by atoms with Gasteiger partial charge in [-0.05, 0) is 12.1 Å². The first-order chi connectivity index (χ1) is 6.88. The molecule has 1 heterocycles. The van der Waals surface area contributed by atoms with E-state index in [9.17, 15) is 18.0 Å². The first-order valence-corrected chi connectivity index (χ1v) is 4.31. The largest absolute Gasteiger partial charge is 0.481 e. The highest BCUT2D eigenvalue weighted by molar-refractivity contribution is 5.69. The van der Waals surface area contributed by atoms with Crippen LogP contribution in [0.2, 0.25) is 0 Å². The second-order valence-electron chi connectivity index (χ2n) is 3.13. The maximum Gasteiger partial charge on any atom is 0.390 e. The highest BCUT2D eigenvalue weighted by atomic mass is 19.4. The predicted molar refractivity (Wildman–Crippen MR) is 46.4 cm³/mol. The molecular formula is C9H10F3NO2.